The van der Waals surface area contributed by atoms with Gasteiger partial charge in [0, 0.05) is 13.2 Å². The number of methoxy groups -OCH3 is 1. The minimum Gasteiger partial charge on any atom is -0.383 e. The van der Waals surface area contributed by atoms with Gasteiger partial charge in [0.15, 0.2) is 0 Å². The zero-order chi connectivity index (χ0) is 12.6. The molecule has 6 heteroatoms. The zero-order valence-electron chi connectivity index (χ0n) is 9.58. The van der Waals surface area contributed by atoms with E-state index < -0.39 is 5.82 Å². The molecule has 0 radical (unpaired) electrons. The number of nitrogen functional groups attached to an aromatic ring is 1. The molecule has 2 rings (SSSR count). The number of halogens is 2. The third-order valence-corrected chi connectivity index (χ3v) is 2.90. The Morgan fingerprint density at radius 1 is 1.59 bits per heavy atom. The molecule has 2 aromatic rings. The van der Waals surface area contributed by atoms with Crippen LogP contribution in [0.3, 0.4) is 0 Å². The molecule has 0 saturated carbocycles. The highest BCUT2D eigenvalue weighted by Crippen LogP contribution is 2.27. The van der Waals surface area contributed by atoms with Gasteiger partial charge in [0.2, 0.25) is 5.95 Å². The fraction of sp³-hybridized carbons (Fsp3) is 0.364. The fourth-order valence-corrected chi connectivity index (χ4v) is 2.05. The summed E-state index contributed by atoms with van der Waals surface area (Å²) in [5, 5.41) is 0.0431. The van der Waals surface area contributed by atoms with Gasteiger partial charge in [0.1, 0.15) is 5.82 Å². The van der Waals surface area contributed by atoms with E-state index in [1.54, 1.807) is 11.7 Å². The van der Waals surface area contributed by atoms with Gasteiger partial charge in [-0.25, -0.2) is 9.37 Å². The molecule has 0 fully saturated rings. The lowest BCUT2D eigenvalue weighted by Gasteiger charge is -2.14. The summed E-state index contributed by atoms with van der Waals surface area (Å²) in [7, 11) is 1.60. The zero-order valence-corrected chi connectivity index (χ0v) is 10.3. The molecule has 0 bridgehead atoms. The summed E-state index contributed by atoms with van der Waals surface area (Å²) in [4.78, 5) is 4.15. The van der Waals surface area contributed by atoms with Crippen LogP contribution in [0.2, 0.25) is 5.02 Å². The first-order chi connectivity index (χ1) is 8.04. The van der Waals surface area contributed by atoms with Crippen LogP contribution in [0.1, 0.15) is 13.0 Å². The molecule has 2 N–H and O–H groups in total. The molecular weight excluding hydrogens is 245 g/mol. The molecule has 0 saturated heterocycles. The molecule has 1 unspecified atom stereocenters. The van der Waals surface area contributed by atoms with Gasteiger partial charge in [-0.05, 0) is 13.0 Å². The number of nitrogens with zero attached hydrogens (tertiary/aromatic N) is 2. The molecule has 0 aliphatic heterocycles. The van der Waals surface area contributed by atoms with Crippen LogP contribution < -0.4 is 5.73 Å². The van der Waals surface area contributed by atoms with Crippen molar-refractivity contribution in [2.45, 2.75) is 13.0 Å². The normalized spacial score (nSPS) is 13.2. The van der Waals surface area contributed by atoms with E-state index in [-0.39, 0.29) is 11.1 Å². The van der Waals surface area contributed by atoms with Crippen LogP contribution in [0.4, 0.5) is 10.3 Å². The van der Waals surface area contributed by atoms with E-state index in [2.05, 4.69) is 4.98 Å². The minimum absolute atomic E-state index is 0.0226. The summed E-state index contributed by atoms with van der Waals surface area (Å²) in [5.74, 6) is -0.156. The second-order valence-electron chi connectivity index (χ2n) is 3.90. The Kier molecular flexibility index (Phi) is 3.22. The molecule has 0 spiro atoms. The summed E-state index contributed by atoms with van der Waals surface area (Å²) in [5.41, 5.74) is 7.02. The van der Waals surface area contributed by atoms with Gasteiger partial charge in [-0.2, -0.15) is 0 Å². The topological polar surface area (TPSA) is 53.1 Å². The van der Waals surface area contributed by atoms with Crippen LogP contribution >= 0.6 is 11.6 Å². The average Bonchev–Trinajstić information content (AvgIpc) is 2.55. The molecule has 0 aliphatic carbocycles. The third-order valence-electron chi connectivity index (χ3n) is 2.61. The Bertz CT molecular complexity index is 555. The van der Waals surface area contributed by atoms with Crippen molar-refractivity contribution in [2.24, 2.45) is 0 Å². The van der Waals surface area contributed by atoms with E-state index in [9.17, 15) is 4.39 Å². The van der Waals surface area contributed by atoms with Crippen LogP contribution in [0, 0.1) is 5.82 Å². The Balaban J connectivity index is 2.62. The van der Waals surface area contributed by atoms with Crippen molar-refractivity contribution in [3.8, 4) is 0 Å². The van der Waals surface area contributed by atoms with Crippen LogP contribution in [-0.4, -0.2) is 23.3 Å². The van der Waals surface area contributed by atoms with Crippen molar-refractivity contribution < 1.29 is 9.13 Å². The highest BCUT2D eigenvalue weighted by atomic mass is 35.5. The SMILES string of the molecule is COCC(C)n1c(N)nc2cc(Cl)c(F)cc21. The maximum atomic E-state index is 13.4. The van der Waals surface area contributed by atoms with Crippen molar-refractivity contribution in [1.82, 2.24) is 9.55 Å². The quantitative estimate of drug-likeness (QED) is 0.920. The number of aromatic nitrogens is 2. The van der Waals surface area contributed by atoms with Crippen molar-refractivity contribution >= 4 is 28.6 Å². The minimum atomic E-state index is -0.482. The summed E-state index contributed by atoms with van der Waals surface area (Å²) >= 11 is 5.70. The second kappa shape index (κ2) is 4.50. The lowest BCUT2D eigenvalue weighted by molar-refractivity contribution is 0.164. The van der Waals surface area contributed by atoms with Crippen molar-refractivity contribution in [1.29, 1.82) is 0 Å². The first-order valence-electron chi connectivity index (χ1n) is 5.16. The second-order valence-corrected chi connectivity index (χ2v) is 4.31. The summed E-state index contributed by atoms with van der Waals surface area (Å²) in [6.45, 7) is 2.40. The molecular formula is C11H13ClFN3O. The number of imidazole rings is 1. The van der Waals surface area contributed by atoms with Gasteiger partial charge < -0.3 is 15.0 Å². The predicted octanol–water partition coefficient (Wildman–Crippen LogP) is 2.62. The molecule has 0 amide bonds. The Morgan fingerprint density at radius 2 is 2.29 bits per heavy atom. The molecule has 1 heterocycles. The average molecular weight is 258 g/mol. The number of ether oxygens (including phenoxy) is 1. The maximum absolute atomic E-state index is 13.4. The van der Waals surface area contributed by atoms with Crippen LogP contribution in [0.25, 0.3) is 11.0 Å². The van der Waals surface area contributed by atoms with E-state index in [1.165, 1.54) is 12.1 Å². The van der Waals surface area contributed by atoms with Gasteiger partial charge in [-0.3, -0.25) is 0 Å². The maximum Gasteiger partial charge on any atom is 0.201 e. The summed E-state index contributed by atoms with van der Waals surface area (Å²) in [6, 6.07) is 2.79. The van der Waals surface area contributed by atoms with E-state index in [1.807, 2.05) is 6.92 Å². The van der Waals surface area contributed by atoms with Gasteiger partial charge in [-0.15, -0.1) is 0 Å². The molecule has 1 atom stereocenters. The van der Waals surface area contributed by atoms with Gasteiger partial charge in [0.05, 0.1) is 28.7 Å². The molecule has 1 aromatic carbocycles. The van der Waals surface area contributed by atoms with Crippen LogP contribution in [0.5, 0.6) is 0 Å². The molecule has 92 valence electrons. The Morgan fingerprint density at radius 3 is 2.94 bits per heavy atom. The first-order valence-corrected chi connectivity index (χ1v) is 5.53. The fourth-order valence-electron chi connectivity index (χ4n) is 1.89. The number of hydrogen-bond donors (Lipinski definition) is 1. The van der Waals surface area contributed by atoms with E-state index >= 15 is 0 Å². The number of rotatable bonds is 3. The van der Waals surface area contributed by atoms with E-state index in [0.717, 1.165) is 0 Å². The number of nitrogens with two attached hydrogens (primary N) is 1. The van der Waals surface area contributed by atoms with Crippen molar-refractivity contribution in [3.63, 3.8) is 0 Å². The summed E-state index contributed by atoms with van der Waals surface area (Å²) in [6.07, 6.45) is 0. The van der Waals surface area contributed by atoms with Crippen LogP contribution in [-0.2, 0) is 4.74 Å². The third kappa shape index (κ3) is 2.08. The Labute approximate surface area is 103 Å². The van der Waals surface area contributed by atoms with Crippen molar-refractivity contribution in [3.05, 3.63) is 23.0 Å². The molecule has 1 aromatic heterocycles. The smallest absolute Gasteiger partial charge is 0.201 e. The Hall–Kier alpha value is -1.33. The highest BCUT2D eigenvalue weighted by Gasteiger charge is 2.15. The lowest BCUT2D eigenvalue weighted by Crippen LogP contribution is -2.13. The van der Waals surface area contributed by atoms with Crippen LogP contribution in [0.15, 0.2) is 12.1 Å². The lowest BCUT2D eigenvalue weighted by atomic mass is 10.2. The first kappa shape index (κ1) is 12.1. The highest BCUT2D eigenvalue weighted by molar-refractivity contribution is 6.31. The summed E-state index contributed by atoms with van der Waals surface area (Å²) < 4.78 is 20.2. The molecule has 0 aliphatic rings. The predicted molar refractivity (Wildman–Crippen MR) is 65.7 cm³/mol. The van der Waals surface area contributed by atoms with Gasteiger partial charge in [0.25, 0.3) is 0 Å². The number of benzene rings is 1. The van der Waals surface area contributed by atoms with Gasteiger partial charge in [-0.1, -0.05) is 11.6 Å². The number of fused-ring (bicyclic) bond motifs is 1. The van der Waals surface area contributed by atoms with Crippen molar-refractivity contribution in [2.75, 3.05) is 19.5 Å². The van der Waals surface area contributed by atoms with Gasteiger partial charge >= 0.3 is 0 Å². The standard InChI is InChI=1S/C11H13ClFN3O/c1-6(5-17-2)16-10-4-8(13)7(12)3-9(10)15-11(16)14/h3-4,6H,5H2,1-2H3,(H2,14,15). The van der Waals surface area contributed by atoms with E-state index in [4.69, 9.17) is 22.1 Å². The monoisotopic (exact) mass is 257 g/mol. The molecule has 17 heavy (non-hydrogen) atoms. The molecule has 4 nitrogen and oxygen atoms in total. The van der Waals surface area contributed by atoms with E-state index in [0.29, 0.717) is 23.6 Å². The number of anilines is 1. The largest absolute Gasteiger partial charge is 0.383 e. The number of hydrogen-bond acceptors (Lipinski definition) is 3.